The summed E-state index contributed by atoms with van der Waals surface area (Å²) in [6, 6.07) is 8.80. The van der Waals surface area contributed by atoms with Crippen LogP contribution in [0.3, 0.4) is 0 Å². The van der Waals surface area contributed by atoms with Crippen molar-refractivity contribution in [1.29, 1.82) is 0 Å². The summed E-state index contributed by atoms with van der Waals surface area (Å²) >= 11 is 0. The van der Waals surface area contributed by atoms with Crippen LogP contribution in [-0.4, -0.2) is 6.04 Å². The molecule has 1 aromatic carbocycles. The Labute approximate surface area is 92.7 Å². The second-order valence-electron chi connectivity index (χ2n) is 3.92. The van der Waals surface area contributed by atoms with E-state index >= 15 is 0 Å². The van der Waals surface area contributed by atoms with Crippen LogP contribution in [0.1, 0.15) is 30.9 Å². The zero-order chi connectivity index (χ0) is 11.1. The molecule has 0 fully saturated rings. The Morgan fingerprint density at radius 2 is 2.20 bits per heavy atom. The van der Waals surface area contributed by atoms with Crippen LogP contribution in [0.25, 0.3) is 0 Å². The Kier molecular flexibility index (Phi) is 4.93. The van der Waals surface area contributed by atoms with Gasteiger partial charge in [-0.25, -0.2) is 0 Å². The smallest absolute Gasteiger partial charge is 0.0241 e. The van der Waals surface area contributed by atoms with Gasteiger partial charge in [-0.3, -0.25) is 0 Å². The zero-order valence-electron chi connectivity index (χ0n) is 9.59. The minimum atomic E-state index is 0.206. The van der Waals surface area contributed by atoms with Crippen molar-refractivity contribution in [1.82, 2.24) is 0 Å². The summed E-state index contributed by atoms with van der Waals surface area (Å²) in [5, 5.41) is 0. The van der Waals surface area contributed by atoms with Crippen molar-refractivity contribution in [3.05, 3.63) is 35.4 Å². The molecule has 1 atom stereocenters. The molecule has 0 saturated carbocycles. The molecule has 1 unspecified atom stereocenters. The normalized spacial score (nSPS) is 11.7. The lowest BCUT2D eigenvalue weighted by atomic mass is 10.0. The standard InChI is InChI=1S/C14H19N/c1-3-4-8-14(15)10-9-13-7-5-6-12(2)11-13/h5-7,11,14H,8-10,15H2,1-2H3. The molecule has 0 aliphatic heterocycles. The van der Waals surface area contributed by atoms with E-state index in [9.17, 15) is 0 Å². The van der Waals surface area contributed by atoms with Gasteiger partial charge in [0.2, 0.25) is 0 Å². The molecule has 1 aromatic rings. The fourth-order valence-corrected chi connectivity index (χ4v) is 1.55. The van der Waals surface area contributed by atoms with E-state index in [-0.39, 0.29) is 6.04 Å². The maximum atomic E-state index is 5.94. The molecule has 80 valence electrons. The Hall–Kier alpha value is -1.26. The minimum Gasteiger partial charge on any atom is -0.327 e. The maximum Gasteiger partial charge on any atom is 0.0241 e. The van der Waals surface area contributed by atoms with Gasteiger partial charge in [-0.05, 0) is 32.3 Å². The summed E-state index contributed by atoms with van der Waals surface area (Å²) in [7, 11) is 0. The van der Waals surface area contributed by atoms with Crippen molar-refractivity contribution in [2.75, 3.05) is 0 Å². The van der Waals surface area contributed by atoms with Crippen molar-refractivity contribution >= 4 is 0 Å². The molecular formula is C14H19N. The van der Waals surface area contributed by atoms with Gasteiger partial charge in [-0.15, -0.1) is 11.8 Å². The number of hydrogen-bond donors (Lipinski definition) is 1. The molecule has 1 heteroatoms. The van der Waals surface area contributed by atoms with E-state index in [1.54, 1.807) is 0 Å². The van der Waals surface area contributed by atoms with Crippen molar-refractivity contribution in [3.8, 4) is 11.8 Å². The van der Waals surface area contributed by atoms with Crippen molar-refractivity contribution in [3.63, 3.8) is 0 Å². The molecule has 0 aliphatic rings. The number of aryl methyl sites for hydroxylation is 2. The first-order valence-corrected chi connectivity index (χ1v) is 5.43. The van der Waals surface area contributed by atoms with Crippen LogP contribution in [0.4, 0.5) is 0 Å². The second-order valence-corrected chi connectivity index (χ2v) is 3.92. The van der Waals surface area contributed by atoms with Crippen LogP contribution in [0.2, 0.25) is 0 Å². The Morgan fingerprint density at radius 1 is 1.40 bits per heavy atom. The van der Waals surface area contributed by atoms with E-state index in [0.29, 0.717) is 0 Å². The molecule has 1 rings (SSSR count). The van der Waals surface area contributed by atoms with Crippen LogP contribution in [0.5, 0.6) is 0 Å². The number of nitrogens with two attached hydrogens (primary N) is 1. The van der Waals surface area contributed by atoms with Gasteiger partial charge < -0.3 is 5.73 Å². The lowest BCUT2D eigenvalue weighted by Crippen LogP contribution is -2.19. The Bertz CT molecular complexity index is 357. The summed E-state index contributed by atoms with van der Waals surface area (Å²) in [6.07, 6.45) is 2.87. The van der Waals surface area contributed by atoms with Crippen molar-refractivity contribution in [2.45, 2.75) is 39.2 Å². The van der Waals surface area contributed by atoms with Gasteiger partial charge in [0.1, 0.15) is 0 Å². The average molecular weight is 201 g/mol. The molecule has 0 radical (unpaired) electrons. The molecule has 0 aromatic heterocycles. The predicted molar refractivity (Wildman–Crippen MR) is 65.5 cm³/mol. The summed E-state index contributed by atoms with van der Waals surface area (Å²) in [4.78, 5) is 0. The molecule has 0 saturated heterocycles. The predicted octanol–water partition coefficient (Wildman–Crippen LogP) is 2.67. The first-order chi connectivity index (χ1) is 7.22. The number of hydrogen-bond acceptors (Lipinski definition) is 1. The molecule has 0 amide bonds. The lowest BCUT2D eigenvalue weighted by Gasteiger charge is -2.08. The summed E-state index contributed by atoms with van der Waals surface area (Å²) in [6.45, 7) is 3.97. The van der Waals surface area contributed by atoms with E-state index in [1.165, 1.54) is 11.1 Å². The van der Waals surface area contributed by atoms with Crippen LogP contribution >= 0.6 is 0 Å². The van der Waals surface area contributed by atoms with Crippen LogP contribution in [-0.2, 0) is 6.42 Å². The van der Waals surface area contributed by atoms with Gasteiger partial charge in [0.25, 0.3) is 0 Å². The van der Waals surface area contributed by atoms with E-state index in [1.807, 2.05) is 6.92 Å². The molecule has 0 spiro atoms. The van der Waals surface area contributed by atoms with E-state index in [2.05, 4.69) is 43.0 Å². The third kappa shape index (κ3) is 4.67. The summed E-state index contributed by atoms with van der Waals surface area (Å²) in [5.74, 6) is 5.90. The topological polar surface area (TPSA) is 26.0 Å². The molecule has 0 aliphatic carbocycles. The summed E-state index contributed by atoms with van der Waals surface area (Å²) < 4.78 is 0. The molecule has 15 heavy (non-hydrogen) atoms. The molecule has 0 heterocycles. The fourth-order valence-electron chi connectivity index (χ4n) is 1.55. The molecular weight excluding hydrogens is 182 g/mol. The zero-order valence-corrected chi connectivity index (χ0v) is 9.59. The molecule has 1 nitrogen and oxygen atoms in total. The van der Waals surface area contributed by atoms with Gasteiger partial charge in [0.15, 0.2) is 0 Å². The highest BCUT2D eigenvalue weighted by molar-refractivity contribution is 5.22. The SMILES string of the molecule is CC#CCC(N)CCc1cccc(C)c1. The van der Waals surface area contributed by atoms with Crippen LogP contribution in [0, 0.1) is 18.8 Å². The van der Waals surface area contributed by atoms with Gasteiger partial charge >= 0.3 is 0 Å². The second kappa shape index (κ2) is 6.27. The lowest BCUT2D eigenvalue weighted by molar-refractivity contribution is 0.628. The quantitative estimate of drug-likeness (QED) is 0.745. The summed E-state index contributed by atoms with van der Waals surface area (Å²) in [5.41, 5.74) is 8.63. The van der Waals surface area contributed by atoms with Gasteiger partial charge in [-0.1, -0.05) is 29.8 Å². The molecule has 0 bridgehead atoms. The Morgan fingerprint density at radius 3 is 2.87 bits per heavy atom. The van der Waals surface area contributed by atoms with Crippen LogP contribution < -0.4 is 5.73 Å². The highest BCUT2D eigenvalue weighted by Gasteiger charge is 2.01. The minimum absolute atomic E-state index is 0.206. The fraction of sp³-hybridized carbons (Fsp3) is 0.429. The number of benzene rings is 1. The highest BCUT2D eigenvalue weighted by atomic mass is 14.6. The third-order valence-corrected chi connectivity index (χ3v) is 2.43. The van der Waals surface area contributed by atoms with Gasteiger partial charge in [0, 0.05) is 12.5 Å². The average Bonchev–Trinajstić information content (AvgIpc) is 2.23. The first kappa shape index (κ1) is 11.8. The van der Waals surface area contributed by atoms with Crippen molar-refractivity contribution in [2.24, 2.45) is 5.73 Å². The first-order valence-electron chi connectivity index (χ1n) is 5.43. The van der Waals surface area contributed by atoms with Gasteiger partial charge in [-0.2, -0.15) is 0 Å². The molecule has 2 N–H and O–H groups in total. The Balaban J connectivity index is 2.38. The third-order valence-electron chi connectivity index (χ3n) is 2.43. The highest BCUT2D eigenvalue weighted by Crippen LogP contribution is 2.08. The number of rotatable bonds is 4. The maximum absolute atomic E-state index is 5.94. The van der Waals surface area contributed by atoms with Gasteiger partial charge in [0.05, 0.1) is 0 Å². The van der Waals surface area contributed by atoms with E-state index in [0.717, 1.165) is 19.3 Å². The van der Waals surface area contributed by atoms with Crippen molar-refractivity contribution < 1.29 is 0 Å². The van der Waals surface area contributed by atoms with E-state index in [4.69, 9.17) is 5.73 Å². The monoisotopic (exact) mass is 201 g/mol. The van der Waals surface area contributed by atoms with Crippen LogP contribution in [0.15, 0.2) is 24.3 Å². The largest absolute Gasteiger partial charge is 0.327 e. The van der Waals surface area contributed by atoms with E-state index < -0.39 is 0 Å².